The zero-order valence-electron chi connectivity index (χ0n) is 18.6. The summed E-state index contributed by atoms with van der Waals surface area (Å²) in [5, 5.41) is 0.142. The number of aryl methyl sites for hydroxylation is 1. The summed E-state index contributed by atoms with van der Waals surface area (Å²) >= 11 is 0. The third-order valence-electron chi connectivity index (χ3n) is 6.03. The van der Waals surface area contributed by atoms with E-state index >= 15 is 0 Å². The smallest absolute Gasteiger partial charge is 0.410 e. The summed E-state index contributed by atoms with van der Waals surface area (Å²) in [5.74, 6) is -0.336. The average molecular weight is 422 g/mol. The van der Waals surface area contributed by atoms with Crippen molar-refractivity contribution in [1.29, 1.82) is 0 Å². The fraction of sp³-hybridized carbons (Fsp3) is 0.636. The molecule has 1 saturated heterocycles. The molecule has 0 radical (unpaired) electrons. The average Bonchev–Trinajstić information content (AvgIpc) is 2.67. The maximum atomic E-state index is 12.3. The summed E-state index contributed by atoms with van der Waals surface area (Å²) in [5.41, 5.74) is 1.66. The van der Waals surface area contributed by atoms with Gasteiger partial charge in [-0.3, -0.25) is 0 Å². The van der Waals surface area contributed by atoms with Gasteiger partial charge in [0.1, 0.15) is 0 Å². The lowest BCUT2D eigenvalue weighted by molar-refractivity contribution is 0.0267. The van der Waals surface area contributed by atoms with Gasteiger partial charge in [0.2, 0.25) is 0 Å². The monoisotopic (exact) mass is 421 g/mol. The molecule has 0 aliphatic carbocycles. The zero-order valence-corrected chi connectivity index (χ0v) is 19.6. The number of cyclic esters (lactones) is 1. The molecule has 2 rings (SSSR count). The van der Waals surface area contributed by atoms with Gasteiger partial charge in [-0.15, -0.1) is 0 Å². The van der Waals surface area contributed by atoms with E-state index in [1.807, 2.05) is 17.0 Å². The van der Waals surface area contributed by atoms with Gasteiger partial charge in [0.15, 0.2) is 8.32 Å². The van der Waals surface area contributed by atoms with Crippen molar-refractivity contribution in [2.45, 2.75) is 64.2 Å². The van der Waals surface area contributed by atoms with Crippen LogP contribution in [-0.2, 0) is 20.3 Å². The molecule has 0 spiro atoms. The molecule has 29 heavy (non-hydrogen) atoms. The van der Waals surface area contributed by atoms with Crippen molar-refractivity contribution in [3.63, 3.8) is 0 Å². The standard InChI is InChI=1S/C22H35NO5Si/c1-22(2,3)29(5,6)28-16-19-13-15-27-21(25)23(19)14-7-8-17-9-11-18(12-10-17)20(24)26-4/h9-12,19H,7-8,13-16H2,1-6H3/t19-/m1/s1. The predicted molar refractivity (Wildman–Crippen MR) is 116 cm³/mol. The van der Waals surface area contributed by atoms with Gasteiger partial charge in [-0.05, 0) is 48.7 Å². The third-order valence-corrected chi connectivity index (χ3v) is 10.5. The third kappa shape index (κ3) is 6.31. The Bertz CT molecular complexity index is 696. The summed E-state index contributed by atoms with van der Waals surface area (Å²) < 4.78 is 16.4. The largest absolute Gasteiger partial charge is 0.465 e. The van der Waals surface area contributed by atoms with Gasteiger partial charge < -0.3 is 18.8 Å². The molecule has 1 aliphatic heterocycles. The van der Waals surface area contributed by atoms with Crippen LogP contribution in [0.1, 0.15) is 49.5 Å². The highest BCUT2D eigenvalue weighted by molar-refractivity contribution is 6.74. The summed E-state index contributed by atoms with van der Waals surface area (Å²) in [6.45, 7) is 12.8. The van der Waals surface area contributed by atoms with E-state index in [1.54, 1.807) is 12.1 Å². The SMILES string of the molecule is COC(=O)c1ccc(CCCN2C(=O)OCC[C@@H]2CO[Si](C)(C)C(C)(C)C)cc1. The Morgan fingerprint density at radius 1 is 1.24 bits per heavy atom. The Kier molecular flexibility index (Phi) is 7.88. The van der Waals surface area contributed by atoms with E-state index in [0.717, 1.165) is 24.8 Å². The molecule has 0 aromatic heterocycles. The summed E-state index contributed by atoms with van der Waals surface area (Å²) in [6, 6.07) is 7.46. The highest BCUT2D eigenvalue weighted by atomic mass is 28.4. The van der Waals surface area contributed by atoms with E-state index in [9.17, 15) is 9.59 Å². The second-order valence-electron chi connectivity index (χ2n) is 9.11. The molecule has 7 heteroatoms. The number of carbonyl (C=O) groups excluding carboxylic acids is 2. The molecule has 1 atom stereocenters. The van der Waals surface area contributed by atoms with Crippen molar-refractivity contribution >= 4 is 20.4 Å². The van der Waals surface area contributed by atoms with Crippen LogP contribution in [0, 0.1) is 0 Å². The van der Waals surface area contributed by atoms with Gasteiger partial charge >= 0.3 is 12.1 Å². The lowest BCUT2D eigenvalue weighted by atomic mass is 10.1. The van der Waals surface area contributed by atoms with Crippen molar-refractivity contribution in [2.75, 3.05) is 26.9 Å². The van der Waals surface area contributed by atoms with Crippen LogP contribution in [0.25, 0.3) is 0 Å². The van der Waals surface area contributed by atoms with Gasteiger partial charge in [0, 0.05) is 13.0 Å². The molecule has 162 valence electrons. The Morgan fingerprint density at radius 3 is 2.48 bits per heavy atom. The molecule has 0 bridgehead atoms. The van der Waals surface area contributed by atoms with E-state index in [4.69, 9.17) is 13.9 Å². The number of hydrogen-bond acceptors (Lipinski definition) is 5. The van der Waals surface area contributed by atoms with Crippen molar-refractivity contribution in [3.05, 3.63) is 35.4 Å². The summed E-state index contributed by atoms with van der Waals surface area (Å²) in [4.78, 5) is 25.7. The molecular formula is C22H35NO5Si. The van der Waals surface area contributed by atoms with Crippen LogP contribution < -0.4 is 0 Å². The van der Waals surface area contributed by atoms with Crippen LogP contribution in [0.5, 0.6) is 0 Å². The molecular weight excluding hydrogens is 386 g/mol. The lowest BCUT2D eigenvalue weighted by Crippen LogP contribution is -2.51. The zero-order chi connectivity index (χ0) is 21.7. The van der Waals surface area contributed by atoms with Gasteiger partial charge in [-0.2, -0.15) is 0 Å². The normalized spacial score (nSPS) is 17.8. The highest BCUT2D eigenvalue weighted by Gasteiger charge is 2.39. The Hall–Kier alpha value is -1.86. The summed E-state index contributed by atoms with van der Waals surface area (Å²) in [6.07, 6.45) is 2.19. The number of carbonyl (C=O) groups is 2. The van der Waals surface area contributed by atoms with Crippen molar-refractivity contribution in [3.8, 4) is 0 Å². The van der Waals surface area contributed by atoms with Crippen LogP contribution in [-0.4, -0.2) is 58.2 Å². The Labute approximate surface area is 175 Å². The minimum atomic E-state index is -1.86. The molecule has 1 fully saturated rings. The lowest BCUT2D eigenvalue weighted by Gasteiger charge is -2.40. The van der Waals surface area contributed by atoms with E-state index in [1.165, 1.54) is 7.11 Å². The molecule has 1 amide bonds. The van der Waals surface area contributed by atoms with E-state index in [0.29, 0.717) is 25.3 Å². The maximum absolute atomic E-state index is 12.3. The topological polar surface area (TPSA) is 65.1 Å². The van der Waals surface area contributed by atoms with Crippen molar-refractivity contribution in [1.82, 2.24) is 4.90 Å². The number of ether oxygens (including phenoxy) is 2. The molecule has 0 saturated carbocycles. The van der Waals surface area contributed by atoms with E-state index in [-0.39, 0.29) is 23.1 Å². The van der Waals surface area contributed by atoms with Crippen LogP contribution in [0.4, 0.5) is 4.79 Å². The first-order valence-corrected chi connectivity index (χ1v) is 13.2. The van der Waals surface area contributed by atoms with Crippen LogP contribution >= 0.6 is 0 Å². The first-order valence-electron chi connectivity index (χ1n) is 10.3. The van der Waals surface area contributed by atoms with E-state index < -0.39 is 8.32 Å². The van der Waals surface area contributed by atoms with Gasteiger partial charge in [-0.25, -0.2) is 9.59 Å². The molecule has 1 aliphatic rings. The number of nitrogens with zero attached hydrogens (tertiary/aromatic N) is 1. The number of methoxy groups -OCH3 is 1. The maximum Gasteiger partial charge on any atom is 0.410 e. The minimum absolute atomic E-state index is 0.0621. The fourth-order valence-electron chi connectivity index (χ4n) is 3.02. The van der Waals surface area contributed by atoms with E-state index in [2.05, 4.69) is 33.9 Å². The van der Waals surface area contributed by atoms with Crippen LogP contribution in [0.3, 0.4) is 0 Å². The quantitative estimate of drug-likeness (QED) is 0.452. The predicted octanol–water partition coefficient (Wildman–Crippen LogP) is 4.64. The molecule has 6 nitrogen and oxygen atoms in total. The number of benzene rings is 1. The highest BCUT2D eigenvalue weighted by Crippen LogP contribution is 2.37. The molecule has 0 unspecified atom stereocenters. The van der Waals surface area contributed by atoms with Gasteiger partial charge in [0.05, 0.1) is 31.9 Å². The molecule has 0 N–H and O–H groups in total. The number of amides is 1. The Morgan fingerprint density at radius 2 is 1.90 bits per heavy atom. The number of hydrogen-bond donors (Lipinski definition) is 0. The second-order valence-corrected chi connectivity index (χ2v) is 13.9. The second kappa shape index (κ2) is 9.76. The molecule has 1 aromatic rings. The van der Waals surface area contributed by atoms with Crippen molar-refractivity contribution < 1.29 is 23.5 Å². The number of esters is 1. The fourth-order valence-corrected chi connectivity index (χ4v) is 4.06. The molecule has 1 heterocycles. The van der Waals surface area contributed by atoms with Gasteiger partial charge in [0.25, 0.3) is 0 Å². The molecule has 1 aromatic carbocycles. The van der Waals surface area contributed by atoms with Crippen LogP contribution in [0.2, 0.25) is 18.1 Å². The Balaban J connectivity index is 1.91. The van der Waals surface area contributed by atoms with Crippen molar-refractivity contribution in [2.24, 2.45) is 0 Å². The van der Waals surface area contributed by atoms with Gasteiger partial charge in [-0.1, -0.05) is 32.9 Å². The van der Waals surface area contributed by atoms with Crippen LogP contribution in [0.15, 0.2) is 24.3 Å². The summed E-state index contributed by atoms with van der Waals surface area (Å²) in [7, 11) is -0.485. The minimum Gasteiger partial charge on any atom is -0.465 e. The number of rotatable bonds is 8. The first-order chi connectivity index (χ1) is 13.5. The first kappa shape index (κ1) is 23.4.